The Morgan fingerprint density at radius 2 is 2.00 bits per heavy atom. The second kappa shape index (κ2) is 6.79. The van der Waals surface area contributed by atoms with E-state index in [4.69, 9.17) is 4.74 Å². The molecule has 1 saturated heterocycles. The Labute approximate surface area is 133 Å². The Hall–Kier alpha value is -1.74. The predicted molar refractivity (Wildman–Crippen MR) is 79.8 cm³/mol. The molecule has 128 valence electrons. The van der Waals surface area contributed by atoms with E-state index in [-0.39, 0.29) is 12.3 Å². The van der Waals surface area contributed by atoms with Crippen LogP contribution in [-0.4, -0.2) is 51.1 Å². The summed E-state index contributed by atoms with van der Waals surface area (Å²) >= 11 is 0. The van der Waals surface area contributed by atoms with Gasteiger partial charge in [0.1, 0.15) is 22.9 Å². The maximum Gasteiger partial charge on any atom is 0.257 e. The minimum atomic E-state index is -3.37. The van der Waals surface area contributed by atoms with Crippen LogP contribution in [0.1, 0.15) is 23.2 Å². The number of methoxy groups -OCH3 is 1. The van der Waals surface area contributed by atoms with E-state index in [2.05, 4.69) is 5.32 Å². The van der Waals surface area contributed by atoms with Gasteiger partial charge in [-0.2, -0.15) is 4.31 Å². The van der Waals surface area contributed by atoms with Gasteiger partial charge in [0.05, 0.1) is 13.4 Å². The molecule has 1 N–H and O–H groups in total. The number of carbonyl (C=O) groups excluding carboxylic acids is 1. The Morgan fingerprint density at radius 1 is 1.39 bits per heavy atom. The molecule has 1 aromatic carbocycles. The highest BCUT2D eigenvalue weighted by Crippen LogP contribution is 2.22. The Morgan fingerprint density at radius 3 is 2.52 bits per heavy atom. The minimum absolute atomic E-state index is 0.00316. The minimum Gasteiger partial charge on any atom is -0.497 e. The molecule has 0 aliphatic carbocycles. The van der Waals surface area contributed by atoms with Gasteiger partial charge in [0.15, 0.2) is 0 Å². The zero-order valence-electron chi connectivity index (χ0n) is 12.8. The molecule has 0 unspecified atom stereocenters. The summed E-state index contributed by atoms with van der Waals surface area (Å²) in [7, 11) is -2.11. The summed E-state index contributed by atoms with van der Waals surface area (Å²) in [5.74, 6) is -3.03. The zero-order chi connectivity index (χ0) is 17.2. The Bertz CT molecular complexity index is 686. The molecule has 6 nitrogen and oxygen atoms in total. The second-order valence-corrected chi connectivity index (χ2v) is 7.28. The molecule has 1 atom stereocenters. The van der Waals surface area contributed by atoms with Gasteiger partial charge in [-0.05, 0) is 12.8 Å². The molecule has 9 heteroatoms. The monoisotopic (exact) mass is 348 g/mol. The van der Waals surface area contributed by atoms with Crippen LogP contribution < -0.4 is 10.1 Å². The number of rotatable bonds is 5. The number of halogens is 2. The van der Waals surface area contributed by atoms with Crippen molar-refractivity contribution in [3.8, 4) is 5.75 Å². The summed E-state index contributed by atoms with van der Waals surface area (Å²) in [4.78, 5) is 12.0. The molecule has 1 aromatic rings. The molecule has 0 radical (unpaired) electrons. The van der Waals surface area contributed by atoms with E-state index in [9.17, 15) is 22.0 Å². The van der Waals surface area contributed by atoms with Gasteiger partial charge in [0.2, 0.25) is 10.0 Å². The van der Waals surface area contributed by atoms with Gasteiger partial charge in [0.25, 0.3) is 5.91 Å². The first-order valence-electron chi connectivity index (χ1n) is 7.02. The average molecular weight is 348 g/mol. The zero-order valence-corrected chi connectivity index (χ0v) is 13.6. The van der Waals surface area contributed by atoms with Crippen LogP contribution in [0.5, 0.6) is 5.75 Å². The van der Waals surface area contributed by atoms with E-state index in [1.807, 2.05) is 0 Å². The summed E-state index contributed by atoms with van der Waals surface area (Å²) in [6, 6.07) is 1.42. The summed E-state index contributed by atoms with van der Waals surface area (Å²) in [5.41, 5.74) is -0.713. The van der Waals surface area contributed by atoms with E-state index < -0.39 is 39.2 Å². The van der Waals surface area contributed by atoms with Gasteiger partial charge in [0, 0.05) is 31.3 Å². The molecule has 1 aliphatic rings. The van der Waals surface area contributed by atoms with Gasteiger partial charge < -0.3 is 10.1 Å². The van der Waals surface area contributed by atoms with Crippen molar-refractivity contribution in [1.82, 2.24) is 9.62 Å². The van der Waals surface area contributed by atoms with Crippen LogP contribution in [0.25, 0.3) is 0 Å². The number of hydrogen-bond donors (Lipinski definition) is 1. The number of sulfonamides is 1. The molecular formula is C14H18F2N2O4S. The van der Waals surface area contributed by atoms with Crippen molar-refractivity contribution in [2.45, 2.75) is 18.9 Å². The first kappa shape index (κ1) is 17.6. The highest BCUT2D eigenvalue weighted by atomic mass is 32.2. The molecule has 0 bridgehead atoms. The Kier molecular flexibility index (Phi) is 5.20. The molecule has 0 aromatic heterocycles. The third kappa shape index (κ3) is 3.97. The second-order valence-electron chi connectivity index (χ2n) is 5.35. The van der Waals surface area contributed by atoms with Gasteiger partial charge in [-0.1, -0.05) is 0 Å². The maximum atomic E-state index is 13.8. The van der Waals surface area contributed by atoms with Crippen molar-refractivity contribution < 1.29 is 26.7 Å². The van der Waals surface area contributed by atoms with E-state index >= 15 is 0 Å². The fourth-order valence-electron chi connectivity index (χ4n) is 2.63. The lowest BCUT2D eigenvalue weighted by Gasteiger charge is -2.22. The van der Waals surface area contributed by atoms with Crippen molar-refractivity contribution >= 4 is 15.9 Å². The van der Waals surface area contributed by atoms with Crippen molar-refractivity contribution in [1.29, 1.82) is 0 Å². The van der Waals surface area contributed by atoms with Crippen LogP contribution in [0.2, 0.25) is 0 Å². The summed E-state index contributed by atoms with van der Waals surface area (Å²) in [6.07, 6.45) is 2.36. The number of ether oxygens (including phenoxy) is 1. The smallest absolute Gasteiger partial charge is 0.257 e. The van der Waals surface area contributed by atoms with Crippen molar-refractivity contribution in [3.05, 3.63) is 29.3 Å². The number of nitrogens with zero attached hydrogens (tertiary/aromatic N) is 1. The predicted octanol–water partition coefficient (Wildman–Crippen LogP) is 1.13. The standard InChI is InChI=1S/C14H18F2N2O4S/c1-22-10-6-11(15)13(12(16)7-10)14(19)17-8-9-4-3-5-18(9)23(2,20)21/h6-7,9H,3-5,8H2,1-2H3,(H,17,19)/t9-/m1/s1. The number of nitrogens with one attached hydrogen (secondary N) is 1. The third-order valence-electron chi connectivity index (χ3n) is 3.73. The van der Waals surface area contributed by atoms with E-state index in [1.54, 1.807) is 0 Å². The first-order valence-corrected chi connectivity index (χ1v) is 8.87. The largest absolute Gasteiger partial charge is 0.497 e. The molecule has 0 spiro atoms. The van der Waals surface area contributed by atoms with Crippen molar-refractivity contribution in [3.63, 3.8) is 0 Å². The van der Waals surface area contributed by atoms with Crippen molar-refractivity contribution in [2.24, 2.45) is 0 Å². The van der Waals surface area contributed by atoms with Crippen LogP contribution in [-0.2, 0) is 10.0 Å². The van der Waals surface area contributed by atoms with E-state index in [1.165, 1.54) is 11.4 Å². The van der Waals surface area contributed by atoms with Gasteiger partial charge in [-0.15, -0.1) is 0 Å². The highest BCUT2D eigenvalue weighted by molar-refractivity contribution is 7.88. The van der Waals surface area contributed by atoms with Gasteiger partial charge in [-0.25, -0.2) is 17.2 Å². The van der Waals surface area contributed by atoms with Gasteiger partial charge in [-0.3, -0.25) is 4.79 Å². The average Bonchev–Trinajstić information content (AvgIpc) is 2.92. The molecule has 1 aliphatic heterocycles. The number of amides is 1. The molecule has 1 fully saturated rings. The van der Waals surface area contributed by atoms with Crippen LogP contribution in [0, 0.1) is 11.6 Å². The summed E-state index contributed by atoms with van der Waals surface area (Å²) in [5, 5.41) is 2.40. The quantitative estimate of drug-likeness (QED) is 0.865. The number of benzene rings is 1. The highest BCUT2D eigenvalue weighted by Gasteiger charge is 2.32. The lowest BCUT2D eigenvalue weighted by molar-refractivity contribution is 0.0938. The lowest BCUT2D eigenvalue weighted by atomic mass is 10.1. The molecule has 1 amide bonds. The molecular weight excluding hydrogens is 330 g/mol. The van der Waals surface area contributed by atoms with Crippen molar-refractivity contribution in [2.75, 3.05) is 26.5 Å². The number of carbonyl (C=O) groups is 1. The topological polar surface area (TPSA) is 75.7 Å². The normalized spacial score (nSPS) is 18.9. The summed E-state index contributed by atoms with van der Waals surface area (Å²) < 4.78 is 56.9. The van der Waals surface area contributed by atoms with Crippen LogP contribution in [0.4, 0.5) is 8.78 Å². The van der Waals surface area contributed by atoms with Crippen LogP contribution >= 0.6 is 0 Å². The maximum absolute atomic E-state index is 13.8. The lowest BCUT2D eigenvalue weighted by Crippen LogP contribution is -2.42. The molecule has 0 saturated carbocycles. The van der Waals surface area contributed by atoms with Crippen LogP contribution in [0.3, 0.4) is 0 Å². The first-order chi connectivity index (χ1) is 10.7. The fourth-order valence-corrected chi connectivity index (χ4v) is 3.82. The SMILES string of the molecule is COc1cc(F)c(C(=O)NC[C@H]2CCCN2S(C)(=O)=O)c(F)c1. The summed E-state index contributed by atoms with van der Waals surface area (Å²) in [6.45, 7) is 0.376. The molecule has 23 heavy (non-hydrogen) atoms. The third-order valence-corrected chi connectivity index (χ3v) is 5.06. The number of hydrogen-bond acceptors (Lipinski definition) is 4. The molecule has 2 rings (SSSR count). The van der Waals surface area contributed by atoms with E-state index in [0.29, 0.717) is 19.4 Å². The fraction of sp³-hybridized carbons (Fsp3) is 0.500. The van der Waals surface area contributed by atoms with E-state index in [0.717, 1.165) is 18.4 Å². The van der Waals surface area contributed by atoms with Crippen LogP contribution in [0.15, 0.2) is 12.1 Å². The van der Waals surface area contributed by atoms with Gasteiger partial charge >= 0.3 is 0 Å². The Balaban J connectivity index is 2.09. The molecule has 1 heterocycles.